The number of imide groups is 1. The van der Waals surface area contributed by atoms with Gasteiger partial charge in [-0.1, -0.05) is 18.2 Å². The summed E-state index contributed by atoms with van der Waals surface area (Å²) in [7, 11) is -6.97. The van der Waals surface area contributed by atoms with Crippen molar-refractivity contribution in [2.45, 2.75) is 125 Å². The van der Waals surface area contributed by atoms with Gasteiger partial charge in [-0.15, -0.1) is 0 Å². The highest BCUT2D eigenvalue weighted by atomic mass is 32.2. The molecular formula is C55H65N10O15PS. The van der Waals surface area contributed by atoms with E-state index < -0.39 is 88.6 Å². The Balaban J connectivity index is 0.889. The number of benzene rings is 3. The molecule has 3 aromatic carbocycles. The average molecular weight is 1170 g/mol. The summed E-state index contributed by atoms with van der Waals surface area (Å²) in [5.41, 5.74) is 6.45. The number of aromatic amines is 1. The number of aryl methyl sites for hydroxylation is 1. The topological polar surface area (TPSA) is 369 Å². The predicted octanol–water partition coefficient (Wildman–Crippen LogP) is 1.72. The first-order valence-corrected chi connectivity index (χ1v) is 30.7. The molecule has 5 heterocycles. The summed E-state index contributed by atoms with van der Waals surface area (Å²) >= 11 is 0. The summed E-state index contributed by atoms with van der Waals surface area (Å²) < 4.78 is 38.6. The number of aromatic nitrogens is 3. The lowest BCUT2D eigenvalue weighted by molar-refractivity contribution is -0.146. The van der Waals surface area contributed by atoms with Crippen molar-refractivity contribution in [3.05, 3.63) is 99.6 Å². The van der Waals surface area contributed by atoms with Crippen LogP contribution < -0.4 is 32.7 Å². The molecule has 9 rings (SSSR count). The molecule has 5 atom stereocenters. The number of hydrogen-bond acceptors (Lipinski definition) is 13. The Morgan fingerprint density at radius 1 is 0.841 bits per heavy atom. The van der Waals surface area contributed by atoms with Crippen LogP contribution in [0, 0.1) is 11.8 Å². The van der Waals surface area contributed by atoms with Gasteiger partial charge in [-0.3, -0.25) is 62.2 Å². The minimum atomic E-state index is -5.14. The van der Waals surface area contributed by atoms with E-state index in [0.717, 1.165) is 43.9 Å². The highest BCUT2D eigenvalue weighted by Gasteiger charge is 2.46. The number of sulfone groups is 1. The lowest BCUT2D eigenvalue weighted by Crippen LogP contribution is -2.62. The molecule has 2 aromatic heterocycles. The molecule has 436 valence electrons. The number of piperidine rings is 1. The van der Waals surface area contributed by atoms with Gasteiger partial charge in [-0.2, -0.15) is 0 Å². The second-order valence-electron chi connectivity index (χ2n) is 22.0. The summed E-state index contributed by atoms with van der Waals surface area (Å²) in [5.74, 6) is -4.43. The van der Waals surface area contributed by atoms with Gasteiger partial charge >= 0.3 is 13.3 Å². The number of fused-ring (bicyclic) bond motifs is 3. The van der Waals surface area contributed by atoms with Crippen LogP contribution in [-0.4, -0.2) is 138 Å². The van der Waals surface area contributed by atoms with Gasteiger partial charge < -0.3 is 46.3 Å². The van der Waals surface area contributed by atoms with Gasteiger partial charge in [0, 0.05) is 74.7 Å². The zero-order valence-electron chi connectivity index (χ0n) is 45.1. The summed E-state index contributed by atoms with van der Waals surface area (Å²) in [6.07, 6.45) is 5.70. The fraction of sp³-hybridized carbons (Fsp3) is 0.455. The maximum atomic E-state index is 15.0. The number of imidazole rings is 1. The van der Waals surface area contributed by atoms with Crippen LogP contribution in [-0.2, 0) is 68.0 Å². The maximum absolute atomic E-state index is 15.0. The number of rotatable bonds is 18. The fourth-order valence-corrected chi connectivity index (χ4v) is 13.0. The average Bonchev–Trinajstić information content (AvgIpc) is 3.28. The van der Waals surface area contributed by atoms with Crippen LogP contribution in [0.5, 0.6) is 0 Å². The van der Waals surface area contributed by atoms with Crippen LogP contribution >= 0.6 is 7.60 Å². The third kappa shape index (κ3) is 13.1. The molecule has 2 unspecified atom stereocenters. The van der Waals surface area contributed by atoms with Crippen LogP contribution in [0.15, 0.2) is 76.4 Å². The Bertz CT molecular complexity index is 3640. The lowest BCUT2D eigenvalue weighted by Gasteiger charge is -2.39. The predicted molar refractivity (Wildman–Crippen MR) is 295 cm³/mol. The van der Waals surface area contributed by atoms with Crippen LogP contribution in [0.4, 0.5) is 0 Å². The van der Waals surface area contributed by atoms with Crippen LogP contribution in [0.1, 0.15) is 115 Å². The van der Waals surface area contributed by atoms with Gasteiger partial charge in [-0.05, 0) is 136 Å². The van der Waals surface area contributed by atoms with Crippen molar-refractivity contribution < 1.29 is 65.9 Å². The number of hydrogen-bond donors (Lipinski definition) is 8. The van der Waals surface area contributed by atoms with Crippen molar-refractivity contribution in [3.8, 4) is 0 Å². The van der Waals surface area contributed by atoms with E-state index in [4.69, 9.17) is 5.73 Å². The standard InChI is InChI=1S/C55H65N10O15PS/c1-62-45-24-33(9-16-42(45)65(55(62)75)44-18-20-47(67)61-52(44)72)23-30-3-5-31(6-4-30)25-48(68)63-22-21-36-11-17-43(51(71)59-39(15-19-46(56)66)49(69)57-28-32-7-12-37(13-8-32)82(2,79)80)64(36)53(73)41(29-63)60-50(70)40-27-35-26-34(10-14-38(35)58-40)54(74)81(76,77)78/h7-10,12-14,16,24,26-27,30-31,36,39,41,43-44,58H,3-6,11,15,17-23,25,28-29H2,1-2H3,(H2,56,66)(H,57,69)(H,59,71)(H,60,70)(H,61,67,72)(H2,76,77,78)/t30-,31-,36-,39?,41+,43+,44?/m1/s1. The third-order valence-corrected chi connectivity index (χ3v) is 18.2. The first kappa shape index (κ1) is 58.8. The monoisotopic (exact) mass is 1170 g/mol. The molecule has 1 aliphatic carbocycles. The maximum Gasteiger partial charge on any atom is 0.396 e. The molecule has 0 radical (unpaired) electrons. The van der Waals surface area contributed by atoms with E-state index in [1.54, 1.807) is 11.9 Å². The number of nitrogens with one attached hydrogen (secondary N) is 5. The lowest BCUT2D eigenvalue weighted by atomic mass is 9.78. The number of primary amides is 1. The van der Waals surface area contributed by atoms with Crippen molar-refractivity contribution in [3.63, 3.8) is 0 Å². The number of nitrogens with zero attached hydrogens (tertiary/aromatic N) is 4. The van der Waals surface area contributed by atoms with Gasteiger partial charge in [-0.25, -0.2) is 13.2 Å². The number of carbonyl (C=O) groups is 9. The molecule has 27 heteroatoms. The summed E-state index contributed by atoms with van der Waals surface area (Å²) in [5, 5.41) is 10.8. The van der Waals surface area contributed by atoms with Crippen molar-refractivity contribution in [1.29, 1.82) is 0 Å². The molecule has 0 spiro atoms. The molecule has 8 amide bonds. The molecule has 1 saturated carbocycles. The van der Waals surface area contributed by atoms with Crippen molar-refractivity contribution in [2.24, 2.45) is 24.6 Å². The molecule has 9 N–H and O–H groups in total. The molecule has 5 aromatic rings. The Hall–Kier alpha value is -7.80. The summed E-state index contributed by atoms with van der Waals surface area (Å²) in [4.78, 5) is 159. The molecule has 82 heavy (non-hydrogen) atoms. The first-order valence-electron chi connectivity index (χ1n) is 27.2. The van der Waals surface area contributed by atoms with Gasteiger partial charge in [0.05, 0.1) is 15.9 Å². The first-order chi connectivity index (χ1) is 38.8. The fourth-order valence-electron chi connectivity index (χ4n) is 11.9. The Morgan fingerprint density at radius 3 is 2.23 bits per heavy atom. The van der Waals surface area contributed by atoms with Crippen molar-refractivity contribution in [1.82, 2.24) is 45.2 Å². The quantitative estimate of drug-likeness (QED) is 0.0457. The number of nitrogens with two attached hydrogens (primary N) is 1. The number of H-pyrrole nitrogens is 1. The smallest absolute Gasteiger partial charge is 0.370 e. The van der Waals surface area contributed by atoms with E-state index in [-0.39, 0.29) is 115 Å². The Kier molecular flexibility index (Phi) is 17.2. The van der Waals surface area contributed by atoms with Crippen molar-refractivity contribution >= 4 is 92.2 Å². The number of amides is 8. The zero-order chi connectivity index (χ0) is 58.9. The van der Waals surface area contributed by atoms with Crippen LogP contribution in [0.3, 0.4) is 0 Å². The second kappa shape index (κ2) is 24.0. The van der Waals surface area contributed by atoms with E-state index >= 15 is 4.79 Å². The SMILES string of the molecule is Cn1c(=O)n(C2CCC(=O)NC2=O)c2ccc(C[C@H]3CC[C@H](CC(=O)N4CC[C@H]5CC[C@@H](C(=O)NC(CCC(N)=O)C(=O)NCc6ccc(S(C)(=O)=O)cc6)N5C(=O)[C@@H](NC(=O)c5cc6cc(C(=O)P(=O)(O)O)ccc6[nH]5)C4)CC3)cc21. The molecule has 25 nitrogen and oxygen atoms in total. The van der Waals surface area contributed by atoms with E-state index in [1.165, 1.54) is 62.6 Å². The molecule has 4 fully saturated rings. The van der Waals surface area contributed by atoms with E-state index in [9.17, 15) is 65.9 Å². The minimum absolute atomic E-state index is 0.00803. The molecule has 3 saturated heterocycles. The normalized spacial score (nSPS) is 22.0. The Morgan fingerprint density at radius 2 is 1.55 bits per heavy atom. The van der Waals surface area contributed by atoms with Gasteiger partial charge in [0.2, 0.25) is 41.4 Å². The third-order valence-electron chi connectivity index (χ3n) is 16.3. The van der Waals surface area contributed by atoms with E-state index in [0.29, 0.717) is 28.5 Å². The van der Waals surface area contributed by atoms with E-state index in [2.05, 4.69) is 26.3 Å². The summed E-state index contributed by atoms with van der Waals surface area (Å²) in [6.45, 7) is -0.168. The molecule has 4 aliphatic rings. The van der Waals surface area contributed by atoms with Gasteiger partial charge in [0.1, 0.15) is 29.9 Å². The second-order valence-corrected chi connectivity index (χ2v) is 25.5. The van der Waals surface area contributed by atoms with Gasteiger partial charge in [0.25, 0.3) is 11.4 Å². The zero-order valence-corrected chi connectivity index (χ0v) is 46.8. The van der Waals surface area contributed by atoms with Crippen LogP contribution in [0.25, 0.3) is 21.9 Å². The molecule has 3 aliphatic heterocycles. The summed E-state index contributed by atoms with van der Waals surface area (Å²) in [6, 6.07) is 11.4. The largest absolute Gasteiger partial charge is 0.396 e. The Labute approximate surface area is 470 Å². The molecule has 0 bridgehead atoms. The van der Waals surface area contributed by atoms with Crippen LogP contribution in [0.2, 0.25) is 0 Å². The van der Waals surface area contributed by atoms with Crippen molar-refractivity contribution in [2.75, 3.05) is 19.3 Å². The minimum Gasteiger partial charge on any atom is -0.370 e. The highest BCUT2D eigenvalue weighted by molar-refractivity contribution is 7.90. The molecular weight excluding hydrogens is 1100 g/mol. The number of carbonyl (C=O) groups excluding carboxylic acids is 9. The highest BCUT2D eigenvalue weighted by Crippen LogP contribution is 2.40. The van der Waals surface area contributed by atoms with E-state index in [1.807, 2.05) is 18.2 Å². The van der Waals surface area contributed by atoms with Gasteiger partial charge in [0.15, 0.2) is 9.84 Å².